The van der Waals surface area contributed by atoms with Gasteiger partial charge in [-0.3, -0.25) is 14.2 Å². The molecule has 0 bridgehead atoms. The second kappa shape index (κ2) is 9.60. The van der Waals surface area contributed by atoms with Gasteiger partial charge in [-0.25, -0.2) is 19.3 Å². The van der Waals surface area contributed by atoms with Crippen LogP contribution in [0.3, 0.4) is 0 Å². The lowest BCUT2D eigenvalue weighted by Gasteiger charge is -2.38. The molecule has 0 radical (unpaired) electrons. The molecule has 0 saturated carbocycles. The summed E-state index contributed by atoms with van der Waals surface area (Å²) >= 11 is 0. The second-order valence-electron chi connectivity index (χ2n) is 9.70. The fourth-order valence-electron chi connectivity index (χ4n) is 4.80. The highest BCUT2D eigenvalue weighted by molar-refractivity contribution is 5.91. The number of hydrogen-bond donors (Lipinski definition) is 2. The molecule has 1 aromatic carbocycles. The van der Waals surface area contributed by atoms with E-state index in [9.17, 15) is 19.8 Å². The van der Waals surface area contributed by atoms with E-state index in [2.05, 4.69) is 20.2 Å². The summed E-state index contributed by atoms with van der Waals surface area (Å²) in [4.78, 5) is 36.0. The third-order valence-corrected chi connectivity index (χ3v) is 7.01. The second-order valence-corrected chi connectivity index (χ2v) is 9.70. The monoisotopic (exact) mass is 530 g/mol. The van der Waals surface area contributed by atoms with Crippen molar-refractivity contribution in [2.75, 3.05) is 13.1 Å². The zero-order chi connectivity index (χ0) is 27.1. The summed E-state index contributed by atoms with van der Waals surface area (Å²) in [6, 6.07) is 7.39. The van der Waals surface area contributed by atoms with E-state index in [0.29, 0.717) is 54.1 Å². The Morgan fingerprint density at radius 2 is 1.79 bits per heavy atom. The quantitative estimate of drug-likeness (QED) is 0.329. The molecule has 1 fully saturated rings. The number of aryl methyl sites for hydroxylation is 1. The van der Waals surface area contributed by atoms with Crippen LogP contribution in [0.5, 0.6) is 0 Å². The van der Waals surface area contributed by atoms with Gasteiger partial charge in [0.15, 0.2) is 11.5 Å². The summed E-state index contributed by atoms with van der Waals surface area (Å²) < 4.78 is 9.96. The summed E-state index contributed by atoms with van der Waals surface area (Å²) in [6.07, 6.45) is 8.25. The number of fused-ring (bicyclic) bond motifs is 1. The van der Waals surface area contributed by atoms with Crippen LogP contribution in [0.2, 0.25) is 0 Å². The first-order chi connectivity index (χ1) is 18.8. The molecule has 0 aliphatic carbocycles. The highest BCUT2D eigenvalue weighted by atomic mass is 16.4. The first-order valence-corrected chi connectivity index (χ1v) is 12.5. The van der Waals surface area contributed by atoms with Gasteiger partial charge >= 0.3 is 0 Å². The van der Waals surface area contributed by atoms with Gasteiger partial charge in [0, 0.05) is 31.8 Å². The predicted octanol–water partition coefficient (Wildman–Crippen LogP) is 1.22. The fraction of sp³-hybridized carbons (Fsp3) is 0.308. The Bertz CT molecular complexity index is 1710. The molecular weight excluding hydrogens is 504 g/mol. The molecule has 5 aromatic rings. The number of nitrogens with zero attached hydrogens (tertiary/aromatic N) is 8. The fourth-order valence-corrected chi connectivity index (χ4v) is 4.80. The van der Waals surface area contributed by atoms with Crippen LogP contribution in [0.1, 0.15) is 34.9 Å². The Balaban J connectivity index is 1.18. The van der Waals surface area contributed by atoms with Crippen LogP contribution in [0.25, 0.3) is 22.4 Å². The molecule has 200 valence electrons. The third kappa shape index (κ3) is 4.62. The van der Waals surface area contributed by atoms with Gasteiger partial charge in [0.2, 0.25) is 5.76 Å². The van der Waals surface area contributed by atoms with Gasteiger partial charge in [-0.05, 0) is 37.1 Å². The van der Waals surface area contributed by atoms with Crippen LogP contribution in [0, 0.1) is 6.92 Å². The van der Waals surface area contributed by atoms with Crippen molar-refractivity contribution in [3.8, 4) is 11.4 Å². The lowest BCUT2D eigenvalue weighted by atomic mass is 9.91. The number of piperidine rings is 1. The van der Waals surface area contributed by atoms with Crippen molar-refractivity contribution in [2.45, 2.75) is 38.5 Å². The van der Waals surface area contributed by atoms with E-state index in [4.69, 9.17) is 4.42 Å². The summed E-state index contributed by atoms with van der Waals surface area (Å²) in [5.41, 5.74) is 1.16. The van der Waals surface area contributed by atoms with Crippen LogP contribution < -0.4 is 5.56 Å². The minimum atomic E-state index is -1.17. The molecule has 5 heterocycles. The number of hydrogen-bond acceptors (Lipinski definition) is 9. The molecule has 13 heteroatoms. The van der Waals surface area contributed by atoms with Crippen molar-refractivity contribution in [3.05, 3.63) is 82.9 Å². The number of aliphatic hydroxyl groups is 2. The van der Waals surface area contributed by atoms with Gasteiger partial charge in [-0.2, -0.15) is 10.2 Å². The zero-order valence-electron chi connectivity index (χ0n) is 21.1. The molecule has 0 spiro atoms. The lowest BCUT2D eigenvalue weighted by molar-refractivity contribution is -0.0304. The van der Waals surface area contributed by atoms with Crippen molar-refractivity contribution < 1.29 is 19.4 Å². The minimum absolute atomic E-state index is 0.0534. The highest BCUT2D eigenvalue weighted by Gasteiger charge is 2.35. The smallest absolute Gasteiger partial charge is 0.291 e. The molecule has 1 saturated heterocycles. The highest BCUT2D eigenvalue weighted by Crippen LogP contribution is 2.25. The van der Waals surface area contributed by atoms with E-state index in [1.807, 2.05) is 24.3 Å². The number of likely N-dealkylation sites (tertiary alicyclic amines) is 1. The van der Waals surface area contributed by atoms with E-state index in [1.165, 1.54) is 23.3 Å². The van der Waals surface area contributed by atoms with Crippen LogP contribution in [-0.4, -0.2) is 73.8 Å². The first kappa shape index (κ1) is 24.7. The number of oxazole rings is 1. The van der Waals surface area contributed by atoms with Crippen LogP contribution in [0.4, 0.5) is 0 Å². The topological polar surface area (TPSA) is 157 Å². The largest absolute Gasteiger partial charge is 0.436 e. The Kier molecular flexibility index (Phi) is 6.08. The molecule has 13 nitrogen and oxygen atoms in total. The summed E-state index contributed by atoms with van der Waals surface area (Å²) in [5, 5.41) is 29.4. The average molecular weight is 531 g/mol. The summed E-state index contributed by atoms with van der Waals surface area (Å²) in [5.74, 6) is 0.326. The van der Waals surface area contributed by atoms with E-state index in [-0.39, 0.29) is 30.4 Å². The number of aromatic nitrogens is 7. The van der Waals surface area contributed by atoms with Crippen LogP contribution in [0.15, 0.2) is 64.6 Å². The van der Waals surface area contributed by atoms with Gasteiger partial charge in [0.05, 0.1) is 48.7 Å². The first-order valence-electron chi connectivity index (χ1n) is 12.5. The number of rotatable bonds is 6. The normalized spacial score (nSPS) is 15.2. The molecule has 39 heavy (non-hydrogen) atoms. The van der Waals surface area contributed by atoms with E-state index in [0.717, 1.165) is 5.69 Å². The summed E-state index contributed by atoms with van der Waals surface area (Å²) in [7, 11) is 0. The van der Waals surface area contributed by atoms with Gasteiger partial charge < -0.3 is 19.5 Å². The maximum Gasteiger partial charge on any atom is 0.291 e. The Morgan fingerprint density at radius 1 is 1.05 bits per heavy atom. The van der Waals surface area contributed by atoms with Crippen molar-refractivity contribution in [2.24, 2.45) is 0 Å². The summed E-state index contributed by atoms with van der Waals surface area (Å²) in [6.45, 7) is 2.29. The van der Waals surface area contributed by atoms with Crippen LogP contribution in [-0.2, 0) is 13.2 Å². The molecule has 2 N–H and O–H groups in total. The molecular formula is C26H26N8O5. The molecule has 1 amide bonds. The minimum Gasteiger partial charge on any atom is -0.436 e. The zero-order valence-corrected chi connectivity index (χ0v) is 21.1. The average Bonchev–Trinajstić information content (AvgIpc) is 3.70. The maximum absolute atomic E-state index is 13.3. The van der Waals surface area contributed by atoms with Crippen LogP contribution >= 0.6 is 0 Å². The van der Waals surface area contributed by atoms with Gasteiger partial charge in [0.25, 0.3) is 11.5 Å². The number of carbonyl (C=O) groups excluding carboxylic acids is 1. The molecule has 1 aliphatic rings. The SMILES string of the molecule is Cc1ncc(C(=O)N2CCC(O)(Cn3cnc4c(cnn4-c4ccc(-n5cc(CO)cn5)cc4)c3=O)CC2)o1. The van der Waals surface area contributed by atoms with E-state index in [1.54, 1.807) is 33.6 Å². The van der Waals surface area contributed by atoms with E-state index >= 15 is 0 Å². The Hall–Kier alpha value is -4.62. The Morgan fingerprint density at radius 3 is 2.46 bits per heavy atom. The van der Waals surface area contributed by atoms with Crippen molar-refractivity contribution >= 4 is 16.9 Å². The van der Waals surface area contributed by atoms with Crippen molar-refractivity contribution in [3.63, 3.8) is 0 Å². The number of benzene rings is 1. The third-order valence-electron chi connectivity index (χ3n) is 7.01. The predicted molar refractivity (Wildman–Crippen MR) is 137 cm³/mol. The number of carbonyl (C=O) groups is 1. The lowest BCUT2D eigenvalue weighted by Crippen LogP contribution is -2.49. The van der Waals surface area contributed by atoms with Gasteiger partial charge in [-0.15, -0.1) is 0 Å². The molecule has 4 aromatic heterocycles. The number of amides is 1. The molecule has 6 rings (SSSR count). The molecule has 0 atom stereocenters. The van der Waals surface area contributed by atoms with Gasteiger partial charge in [0.1, 0.15) is 11.7 Å². The van der Waals surface area contributed by atoms with E-state index < -0.39 is 5.60 Å². The molecule has 1 aliphatic heterocycles. The standard InChI is InChI=1S/C26H26N8O5/c1-17-27-12-22(39-17)25(37)31-8-6-26(38,7-9-31)15-32-16-28-23-21(24(32)36)11-30-34(23)20-4-2-19(3-5-20)33-13-18(14-35)10-29-33/h2-5,10-13,16,35,38H,6-9,14-15H2,1H3. The molecule has 0 unspecified atom stereocenters. The Labute approximate surface area is 221 Å². The maximum atomic E-state index is 13.3. The van der Waals surface area contributed by atoms with Crippen molar-refractivity contribution in [1.29, 1.82) is 0 Å². The van der Waals surface area contributed by atoms with Crippen molar-refractivity contribution in [1.82, 2.24) is 39.0 Å². The number of aliphatic hydroxyl groups excluding tert-OH is 1. The van der Waals surface area contributed by atoms with Gasteiger partial charge in [-0.1, -0.05) is 0 Å².